The van der Waals surface area contributed by atoms with Crippen LogP contribution in [0.15, 0.2) is 12.1 Å². The molecule has 0 aliphatic carbocycles. The summed E-state index contributed by atoms with van der Waals surface area (Å²) >= 11 is 0. The van der Waals surface area contributed by atoms with E-state index in [2.05, 4.69) is 10.2 Å². The highest BCUT2D eigenvalue weighted by Gasteiger charge is 2.35. The first-order chi connectivity index (χ1) is 12.4. The second-order valence-corrected chi connectivity index (χ2v) is 8.65. The van der Waals surface area contributed by atoms with Crippen molar-refractivity contribution in [3.63, 3.8) is 0 Å². The molecule has 2 aliphatic rings. The third kappa shape index (κ3) is 4.42. The van der Waals surface area contributed by atoms with Crippen LogP contribution in [0.4, 0.5) is 0 Å². The van der Waals surface area contributed by atoms with Crippen molar-refractivity contribution >= 4 is 15.9 Å². The molecule has 26 heavy (non-hydrogen) atoms. The van der Waals surface area contributed by atoms with Crippen LogP contribution < -0.4 is 9.47 Å². The van der Waals surface area contributed by atoms with Crippen molar-refractivity contribution in [2.45, 2.75) is 25.4 Å². The second-order valence-electron chi connectivity index (χ2n) is 6.66. The molecule has 144 valence electrons. The van der Waals surface area contributed by atoms with Crippen molar-refractivity contribution in [2.24, 2.45) is 5.92 Å². The van der Waals surface area contributed by atoms with E-state index in [-0.39, 0.29) is 17.9 Å². The molecule has 1 aromatic heterocycles. The summed E-state index contributed by atoms with van der Waals surface area (Å²) in [6.07, 6.45) is 2.97. The largest absolute Gasteiger partial charge is 0.480 e. The Morgan fingerprint density at radius 3 is 2.35 bits per heavy atom. The van der Waals surface area contributed by atoms with E-state index in [4.69, 9.17) is 9.47 Å². The zero-order chi connectivity index (χ0) is 18.7. The molecular formula is C16H24N4O5S. The normalized spacial score (nSPS) is 22.4. The molecule has 1 amide bonds. The Hall–Kier alpha value is -1.94. The Kier molecular flexibility index (Phi) is 5.61. The average molecular weight is 384 g/mol. The number of amides is 1. The first-order valence-corrected chi connectivity index (χ1v) is 10.5. The average Bonchev–Trinajstić information content (AvgIpc) is 3.09. The van der Waals surface area contributed by atoms with Gasteiger partial charge in [-0.2, -0.15) is 0 Å². The van der Waals surface area contributed by atoms with Crippen molar-refractivity contribution in [3.05, 3.63) is 12.1 Å². The number of hydrogen-bond donors (Lipinski definition) is 0. The second kappa shape index (κ2) is 7.75. The third-order valence-corrected chi connectivity index (χ3v) is 6.14. The van der Waals surface area contributed by atoms with Crippen molar-refractivity contribution in [2.75, 3.05) is 39.5 Å². The number of methoxy groups -OCH3 is 1. The topological polar surface area (TPSA) is 102 Å². The highest BCUT2D eigenvalue weighted by molar-refractivity contribution is 7.88. The standard InChI is InChI=1S/C16H24N4O5S/c1-24-14-3-4-15(18-17-14)25-13-7-8-19(11-13)16(21)12-5-9-20(10-6-12)26(2,22)23/h3-4,12-13H,5-11H2,1-2H3/t13-/m0/s1. The number of aromatic nitrogens is 2. The first-order valence-electron chi connectivity index (χ1n) is 8.65. The van der Waals surface area contributed by atoms with Crippen molar-refractivity contribution < 1.29 is 22.7 Å². The molecule has 9 nitrogen and oxygen atoms in total. The Morgan fingerprint density at radius 2 is 1.77 bits per heavy atom. The number of sulfonamides is 1. The molecule has 10 heteroatoms. The molecule has 3 rings (SSSR count). The van der Waals surface area contributed by atoms with Gasteiger partial charge in [0.25, 0.3) is 0 Å². The fraction of sp³-hybridized carbons (Fsp3) is 0.688. The summed E-state index contributed by atoms with van der Waals surface area (Å²) < 4.78 is 35.3. The number of carbonyl (C=O) groups is 1. The SMILES string of the molecule is COc1ccc(O[C@H]2CCN(C(=O)C3CCN(S(C)(=O)=O)CC3)C2)nn1. The minimum Gasteiger partial charge on any atom is -0.480 e. The fourth-order valence-corrected chi connectivity index (χ4v) is 4.24. The molecule has 0 spiro atoms. The monoisotopic (exact) mass is 384 g/mol. The summed E-state index contributed by atoms with van der Waals surface area (Å²) in [5.41, 5.74) is 0. The van der Waals surface area contributed by atoms with Gasteiger partial charge in [-0.15, -0.1) is 10.2 Å². The van der Waals surface area contributed by atoms with Gasteiger partial charge in [0.2, 0.25) is 27.7 Å². The van der Waals surface area contributed by atoms with Crippen molar-refractivity contribution in [1.82, 2.24) is 19.4 Å². The molecule has 2 saturated heterocycles. The molecule has 2 aliphatic heterocycles. The summed E-state index contributed by atoms with van der Waals surface area (Å²) in [4.78, 5) is 14.5. The lowest BCUT2D eigenvalue weighted by Crippen LogP contribution is -2.43. The van der Waals surface area contributed by atoms with E-state index < -0.39 is 10.0 Å². The molecule has 2 fully saturated rings. The van der Waals surface area contributed by atoms with E-state index in [0.717, 1.165) is 6.42 Å². The van der Waals surface area contributed by atoms with E-state index in [1.54, 1.807) is 12.1 Å². The number of carbonyl (C=O) groups excluding carboxylic acids is 1. The van der Waals surface area contributed by atoms with Crippen LogP contribution in [0.3, 0.4) is 0 Å². The number of rotatable bonds is 5. The number of nitrogens with zero attached hydrogens (tertiary/aromatic N) is 4. The molecule has 3 heterocycles. The van der Waals surface area contributed by atoms with E-state index >= 15 is 0 Å². The molecule has 0 aromatic carbocycles. The van der Waals surface area contributed by atoms with Crippen LogP contribution in [-0.2, 0) is 14.8 Å². The van der Waals surface area contributed by atoms with Crippen molar-refractivity contribution in [1.29, 1.82) is 0 Å². The maximum Gasteiger partial charge on any atom is 0.233 e. The maximum atomic E-state index is 12.7. The fourth-order valence-electron chi connectivity index (χ4n) is 3.37. The molecule has 0 saturated carbocycles. The Morgan fingerprint density at radius 1 is 1.12 bits per heavy atom. The molecule has 0 bridgehead atoms. The summed E-state index contributed by atoms with van der Waals surface area (Å²) in [6.45, 7) is 1.97. The van der Waals surface area contributed by atoms with Crippen LogP contribution in [0.5, 0.6) is 11.8 Å². The molecule has 0 unspecified atom stereocenters. The van der Waals surface area contributed by atoms with Gasteiger partial charge in [-0.05, 0) is 12.8 Å². The molecule has 1 aromatic rings. The first kappa shape index (κ1) is 18.8. The lowest BCUT2D eigenvalue weighted by molar-refractivity contribution is -0.135. The Balaban J connectivity index is 1.49. The number of ether oxygens (including phenoxy) is 2. The zero-order valence-corrected chi connectivity index (χ0v) is 15.8. The highest BCUT2D eigenvalue weighted by Crippen LogP contribution is 2.24. The molecule has 0 N–H and O–H groups in total. The van der Waals surface area contributed by atoms with Gasteiger partial charge in [0, 0.05) is 44.1 Å². The van der Waals surface area contributed by atoms with Gasteiger partial charge in [-0.1, -0.05) is 0 Å². The van der Waals surface area contributed by atoms with Gasteiger partial charge >= 0.3 is 0 Å². The predicted octanol–water partition coefficient (Wildman–Crippen LogP) is 0.137. The van der Waals surface area contributed by atoms with Gasteiger partial charge in [0.1, 0.15) is 6.10 Å². The quantitative estimate of drug-likeness (QED) is 0.711. The van der Waals surface area contributed by atoms with Gasteiger partial charge in [-0.3, -0.25) is 4.79 Å². The molecule has 1 atom stereocenters. The smallest absolute Gasteiger partial charge is 0.233 e. The van der Waals surface area contributed by atoms with Crippen LogP contribution in [-0.4, -0.2) is 79.4 Å². The lowest BCUT2D eigenvalue weighted by Gasteiger charge is -2.31. The van der Waals surface area contributed by atoms with Gasteiger partial charge in [0.15, 0.2) is 0 Å². The summed E-state index contributed by atoms with van der Waals surface area (Å²) in [7, 11) is -1.66. The van der Waals surface area contributed by atoms with E-state index in [0.29, 0.717) is 50.8 Å². The van der Waals surface area contributed by atoms with Crippen LogP contribution in [0.1, 0.15) is 19.3 Å². The van der Waals surface area contributed by atoms with E-state index in [9.17, 15) is 13.2 Å². The highest BCUT2D eigenvalue weighted by atomic mass is 32.2. The third-order valence-electron chi connectivity index (χ3n) is 4.84. The predicted molar refractivity (Wildman–Crippen MR) is 93.3 cm³/mol. The van der Waals surface area contributed by atoms with Gasteiger partial charge in [0.05, 0.1) is 19.9 Å². The van der Waals surface area contributed by atoms with Crippen LogP contribution in [0.2, 0.25) is 0 Å². The Labute approximate surface area is 153 Å². The van der Waals surface area contributed by atoms with Crippen LogP contribution >= 0.6 is 0 Å². The molecule has 0 radical (unpaired) electrons. The van der Waals surface area contributed by atoms with E-state index in [1.165, 1.54) is 17.7 Å². The van der Waals surface area contributed by atoms with Crippen LogP contribution in [0, 0.1) is 5.92 Å². The van der Waals surface area contributed by atoms with Crippen molar-refractivity contribution in [3.8, 4) is 11.8 Å². The summed E-state index contributed by atoms with van der Waals surface area (Å²) in [5.74, 6) is 0.796. The zero-order valence-electron chi connectivity index (χ0n) is 15.0. The van der Waals surface area contributed by atoms with Crippen LogP contribution in [0.25, 0.3) is 0 Å². The van der Waals surface area contributed by atoms with Gasteiger partial charge < -0.3 is 14.4 Å². The number of likely N-dealkylation sites (tertiary alicyclic amines) is 1. The van der Waals surface area contributed by atoms with Gasteiger partial charge in [-0.25, -0.2) is 12.7 Å². The van der Waals surface area contributed by atoms with E-state index in [1.807, 2.05) is 4.90 Å². The minimum atomic E-state index is -3.18. The number of hydrogen-bond acceptors (Lipinski definition) is 7. The maximum absolute atomic E-state index is 12.7. The minimum absolute atomic E-state index is 0.0880. The Bertz CT molecular complexity index is 732. The summed E-state index contributed by atoms with van der Waals surface area (Å²) in [5, 5.41) is 7.80. The number of piperidine rings is 1. The lowest BCUT2D eigenvalue weighted by atomic mass is 9.97. The molecular weight excluding hydrogens is 360 g/mol. The summed E-state index contributed by atoms with van der Waals surface area (Å²) in [6, 6.07) is 3.37.